The molecule has 2 amide bonds. The predicted octanol–water partition coefficient (Wildman–Crippen LogP) is 1.12. The molecule has 8 heteroatoms. The molecule has 0 spiro atoms. The third-order valence-electron chi connectivity index (χ3n) is 4.28. The molecular formula is C16H19F2N3O3. The highest BCUT2D eigenvalue weighted by atomic mass is 19.3. The smallest absolute Gasteiger partial charge is 0.387 e. The summed E-state index contributed by atoms with van der Waals surface area (Å²) < 4.78 is 28.7. The van der Waals surface area contributed by atoms with Crippen molar-refractivity contribution < 1.29 is 23.1 Å². The molecule has 1 atom stereocenters. The zero-order valence-corrected chi connectivity index (χ0v) is 13.0. The highest BCUT2D eigenvalue weighted by Gasteiger charge is 2.33. The molecule has 0 bridgehead atoms. The average molecular weight is 339 g/mol. The summed E-state index contributed by atoms with van der Waals surface area (Å²) in [6.45, 7) is -1.07. The molecular weight excluding hydrogens is 320 g/mol. The Balaban J connectivity index is 1.64. The number of nitrogens with zero attached hydrogens (tertiary/aromatic N) is 1. The molecule has 2 aliphatic heterocycles. The minimum absolute atomic E-state index is 0.0422. The number of benzene rings is 1. The maximum atomic E-state index is 12.6. The first-order chi connectivity index (χ1) is 11.5. The molecule has 2 aliphatic rings. The number of piperidine rings is 1. The summed E-state index contributed by atoms with van der Waals surface area (Å²) in [5.41, 5.74) is 0.603. The molecule has 2 N–H and O–H groups in total. The van der Waals surface area contributed by atoms with Crippen LogP contribution in [0.3, 0.4) is 0 Å². The van der Waals surface area contributed by atoms with E-state index in [1.807, 2.05) is 0 Å². The lowest BCUT2D eigenvalue weighted by Gasteiger charge is -2.34. The minimum atomic E-state index is -2.88. The molecule has 130 valence electrons. The predicted molar refractivity (Wildman–Crippen MR) is 83.0 cm³/mol. The number of carbonyl (C=O) groups is 2. The highest BCUT2D eigenvalue weighted by molar-refractivity contribution is 6.00. The van der Waals surface area contributed by atoms with Gasteiger partial charge in [-0.05, 0) is 37.1 Å². The number of ether oxygens (including phenoxy) is 1. The Hall–Kier alpha value is -2.22. The summed E-state index contributed by atoms with van der Waals surface area (Å²) in [7, 11) is 0. The van der Waals surface area contributed by atoms with Crippen molar-refractivity contribution in [1.82, 2.24) is 10.6 Å². The van der Waals surface area contributed by atoms with Gasteiger partial charge in [-0.25, -0.2) is 0 Å². The Morgan fingerprint density at radius 1 is 1.29 bits per heavy atom. The van der Waals surface area contributed by atoms with E-state index in [1.54, 1.807) is 17.0 Å². The molecule has 6 nitrogen and oxygen atoms in total. The maximum Gasteiger partial charge on any atom is 0.387 e. The van der Waals surface area contributed by atoms with Crippen LogP contribution in [0.25, 0.3) is 0 Å². The zero-order chi connectivity index (χ0) is 17.1. The number of alkyl halides is 2. The second-order valence-corrected chi connectivity index (χ2v) is 5.92. The van der Waals surface area contributed by atoms with Gasteiger partial charge in [-0.15, -0.1) is 0 Å². The van der Waals surface area contributed by atoms with Crippen LogP contribution in [0.1, 0.15) is 12.8 Å². The first kappa shape index (κ1) is 16.6. The summed E-state index contributed by atoms with van der Waals surface area (Å²) in [5, 5.41) is 5.84. The Morgan fingerprint density at radius 3 is 2.58 bits per heavy atom. The lowest BCUT2D eigenvalue weighted by molar-refractivity contribution is -0.131. The first-order valence-corrected chi connectivity index (χ1v) is 7.92. The first-order valence-electron chi connectivity index (χ1n) is 7.92. The summed E-state index contributed by atoms with van der Waals surface area (Å²) in [4.78, 5) is 26.2. The number of halogens is 2. The minimum Gasteiger partial charge on any atom is -0.435 e. The van der Waals surface area contributed by atoms with Crippen molar-refractivity contribution in [3.8, 4) is 5.75 Å². The van der Waals surface area contributed by atoms with E-state index in [9.17, 15) is 18.4 Å². The van der Waals surface area contributed by atoms with Gasteiger partial charge in [0.2, 0.25) is 11.8 Å². The number of nitrogens with one attached hydrogen (secondary N) is 2. The van der Waals surface area contributed by atoms with E-state index in [2.05, 4.69) is 15.4 Å². The summed E-state index contributed by atoms with van der Waals surface area (Å²) in [6, 6.07) is 5.39. The number of rotatable bonds is 5. The fourth-order valence-electron chi connectivity index (χ4n) is 2.84. The Kier molecular flexibility index (Phi) is 4.94. The van der Waals surface area contributed by atoms with Gasteiger partial charge in [-0.1, -0.05) is 0 Å². The van der Waals surface area contributed by atoms with E-state index in [4.69, 9.17) is 0 Å². The Morgan fingerprint density at radius 2 is 2.00 bits per heavy atom. The van der Waals surface area contributed by atoms with Crippen molar-refractivity contribution in [1.29, 1.82) is 0 Å². The fraction of sp³-hybridized carbons (Fsp3) is 0.500. The lowest BCUT2D eigenvalue weighted by atomic mass is 9.99. The van der Waals surface area contributed by atoms with Crippen molar-refractivity contribution in [2.75, 3.05) is 24.5 Å². The van der Waals surface area contributed by atoms with Crippen LogP contribution in [0, 0.1) is 5.92 Å². The van der Waals surface area contributed by atoms with Gasteiger partial charge in [0, 0.05) is 25.3 Å². The van der Waals surface area contributed by atoms with E-state index < -0.39 is 12.7 Å². The van der Waals surface area contributed by atoms with Crippen LogP contribution >= 0.6 is 0 Å². The topological polar surface area (TPSA) is 70.7 Å². The lowest BCUT2D eigenvalue weighted by Crippen LogP contribution is -2.57. The van der Waals surface area contributed by atoms with Crippen LogP contribution < -0.4 is 20.3 Å². The molecule has 0 aromatic heterocycles. The molecule has 3 rings (SSSR count). The fourth-order valence-corrected chi connectivity index (χ4v) is 2.84. The number of anilines is 1. The van der Waals surface area contributed by atoms with E-state index in [-0.39, 0.29) is 23.5 Å². The number of carbonyl (C=O) groups excluding carboxylic acids is 2. The van der Waals surface area contributed by atoms with Crippen LogP contribution in [-0.2, 0) is 9.59 Å². The van der Waals surface area contributed by atoms with E-state index in [1.165, 1.54) is 12.1 Å². The average Bonchev–Trinajstić information content (AvgIpc) is 2.48. The van der Waals surface area contributed by atoms with E-state index in [0.717, 1.165) is 6.42 Å². The van der Waals surface area contributed by atoms with Crippen LogP contribution in [0.5, 0.6) is 5.75 Å². The quantitative estimate of drug-likeness (QED) is 0.843. The molecule has 2 heterocycles. The van der Waals surface area contributed by atoms with Crippen molar-refractivity contribution in [2.24, 2.45) is 5.92 Å². The molecule has 1 aromatic carbocycles. The van der Waals surface area contributed by atoms with Gasteiger partial charge in [-0.3, -0.25) is 9.59 Å². The van der Waals surface area contributed by atoms with Gasteiger partial charge in [0.25, 0.3) is 0 Å². The number of hydrogen-bond acceptors (Lipinski definition) is 4. The number of hydrogen-bond donors (Lipinski definition) is 2. The summed E-state index contributed by atoms with van der Waals surface area (Å²) in [6.07, 6.45) is 1.36. The third-order valence-corrected chi connectivity index (χ3v) is 4.28. The van der Waals surface area contributed by atoms with Gasteiger partial charge in [0.1, 0.15) is 11.8 Å². The molecule has 1 unspecified atom stereocenters. The van der Waals surface area contributed by atoms with Crippen molar-refractivity contribution in [2.45, 2.75) is 25.5 Å². The van der Waals surface area contributed by atoms with Crippen LogP contribution in [0.15, 0.2) is 24.3 Å². The largest absolute Gasteiger partial charge is 0.435 e. The second-order valence-electron chi connectivity index (χ2n) is 5.92. The van der Waals surface area contributed by atoms with Crippen molar-refractivity contribution >= 4 is 17.5 Å². The molecule has 2 fully saturated rings. The Bertz CT molecular complexity index is 605. The standard InChI is InChI=1S/C16H19F2N3O3/c17-16(18)24-12-5-3-11(4-6-12)21-7-1-2-13(15(21)23)20-14(22)10-8-19-9-10/h3-6,10,13,16,19H,1-2,7-9H2,(H,20,22). The molecule has 1 aromatic rings. The van der Waals surface area contributed by atoms with Crippen LogP contribution in [-0.4, -0.2) is 44.1 Å². The zero-order valence-electron chi connectivity index (χ0n) is 13.0. The monoisotopic (exact) mass is 339 g/mol. The molecule has 2 saturated heterocycles. The maximum absolute atomic E-state index is 12.6. The van der Waals surface area contributed by atoms with Crippen LogP contribution in [0.4, 0.5) is 14.5 Å². The molecule has 24 heavy (non-hydrogen) atoms. The second kappa shape index (κ2) is 7.12. The van der Waals surface area contributed by atoms with Crippen molar-refractivity contribution in [3.05, 3.63) is 24.3 Å². The molecule has 0 aliphatic carbocycles. The van der Waals surface area contributed by atoms with E-state index >= 15 is 0 Å². The Labute approximate surface area is 138 Å². The third kappa shape index (κ3) is 3.64. The normalized spacial score (nSPS) is 21.5. The van der Waals surface area contributed by atoms with Crippen molar-refractivity contribution in [3.63, 3.8) is 0 Å². The van der Waals surface area contributed by atoms with Gasteiger partial charge < -0.3 is 20.3 Å². The van der Waals surface area contributed by atoms with Gasteiger partial charge in [0.05, 0.1) is 5.92 Å². The van der Waals surface area contributed by atoms with E-state index in [0.29, 0.717) is 31.7 Å². The van der Waals surface area contributed by atoms with Gasteiger partial charge in [0.15, 0.2) is 0 Å². The molecule has 0 radical (unpaired) electrons. The SMILES string of the molecule is O=C(NC1CCCN(c2ccc(OC(F)F)cc2)C1=O)C1CNC1. The number of amides is 2. The van der Waals surface area contributed by atoms with Gasteiger partial charge >= 0.3 is 6.61 Å². The van der Waals surface area contributed by atoms with Crippen LogP contribution in [0.2, 0.25) is 0 Å². The highest BCUT2D eigenvalue weighted by Crippen LogP contribution is 2.24. The summed E-state index contributed by atoms with van der Waals surface area (Å²) >= 11 is 0. The van der Waals surface area contributed by atoms with Gasteiger partial charge in [-0.2, -0.15) is 8.78 Å². The molecule has 0 saturated carbocycles. The summed E-state index contributed by atoms with van der Waals surface area (Å²) in [5.74, 6) is -0.307.